The summed E-state index contributed by atoms with van der Waals surface area (Å²) in [7, 11) is 1.87. The maximum atomic E-state index is 11.9. The summed E-state index contributed by atoms with van der Waals surface area (Å²) in [6, 6.07) is 9.00. The molecule has 1 aliphatic heterocycles. The van der Waals surface area contributed by atoms with Crippen LogP contribution in [-0.2, 0) is 11.8 Å². The van der Waals surface area contributed by atoms with Crippen molar-refractivity contribution in [2.75, 3.05) is 13.1 Å². The molecular formula is C22H20N6O2. The molecule has 1 amide bonds. The molecule has 1 fully saturated rings. The van der Waals surface area contributed by atoms with E-state index in [-0.39, 0.29) is 17.6 Å². The highest BCUT2D eigenvalue weighted by atomic mass is 16.3. The number of carbonyl (C=O) groups is 1. The molecule has 3 aromatic heterocycles. The summed E-state index contributed by atoms with van der Waals surface area (Å²) < 4.78 is 1.75. The zero-order valence-electron chi connectivity index (χ0n) is 16.4. The van der Waals surface area contributed by atoms with Gasteiger partial charge in [0.1, 0.15) is 5.75 Å². The highest BCUT2D eigenvalue weighted by Gasteiger charge is 2.34. The van der Waals surface area contributed by atoms with Gasteiger partial charge >= 0.3 is 0 Å². The standard InChI is InChI=1S/C22H20N6O2/c1-3-19(30)28-11-14(12-28)21-20(13-9-23-27(2)10-13)16-8-17(25-26-22(16)24-21)15-6-4-5-7-18(15)29/h3-10,14,29H,1,11-12H2,2H3,(H,24,26). The topological polar surface area (TPSA) is 99.9 Å². The van der Waals surface area contributed by atoms with E-state index in [4.69, 9.17) is 0 Å². The van der Waals surface area contributed by atoms with Crippen LogP contribution in [-0.4, -0.2) is 54.0 Å². The van der Waals surface area contributed by atoms with E-state index in [2.05, 4.69) is 26.9 Å². The number of carbonyl (C=O) groups excluding carboxylic acids is 1. The summed E-state index contributed by atoms with van der Waals surface area (Å²) >= 11 is 0. The molecule has 1 aromatic carbocycles. The van der Waals surface area contributed by atoms with Crippen LogP contribution >= 0.6 is 0 Å². The van der Waals surface area contributed by atoms with Gasteiger partial charge in [-0.15, -0.1) is 10.2 Å². The summed E-state index contributed by atoms with van der Waals surface area (Å²) in [5.74, 6) is 0.251. The van der Waals surface area contributed by atoms with Gasteiger partial charge in [-0.25, -0.2) is 0 Å². The maximum absolute atomic E-state index is 11.9. The summed E-state index contributed by atoms with van der Waals surface area (Å²) in [5.41, 5.74) is 4.85. The second-order valence-electron chi connectivity index (χ2n) is 7.47. The van der Waals surface area contributed by atoms with Crippen LogP contribution in [0.4, 0.5) is 0 Å². The second kappa shape index (κ2) is 6.84. The Kier molecular flexibility index (Phi) is 4.13. The molecule has 0 saturated carbocycles. The van der Waals surface area contributed by atoms with Crippen molar-refractivity contribution in [2.24, 2.45) is 7.05 Å². The zero-order chi connectivity index (χ0) is 20.8. The van der Waals surface area contributed by atoms with Gasteiger partial charge in [-0.1, -0.05) is 18.7 Å². The van der Waals surface area contributed by atoms with Crippen LogP contribution in [0.15, 0.2) is 55.4 Å². The first-order chi connectivity index (χ1) is 14.5. The Morgan fingerprint density at radius 2 is 2.10 bits per heavy atom. The number of aromatic amines is 1. The van der Waals surface area contributed by atoms with Crippen LogP contribution in [0.3, 0.4) is 0 Å². The Labute approximate surface area is 172 Å². The lowest BCUT2D eigenvalue weighted by atomic mass is 9.91. The molecule has 0 bridgehead atoms. The summed E-state index contributed by atoms with van der Waals surface area (Å²) in [6.07, 6.45) is 5.11. The maximum Gasteiger partial charge on any atom is 0.245 e. The van der Waals surface area contributed by atoms with Crippen molar-refractivity contribution in [1.82, 2.24) is 29.9 Å². The normalized spacial score (nSPS) is 14.1. The molecule has 0 atom stereocenters. The number of hydrogen-bond donors (Lipinski definition) is 2. The van der Waals surface area contributed by atoms with Crippen molar-refractivity contribution in [3.05, 3.63) is 61.1 Å². The zero-order valence-corrected chi connectivity index (χ0v) is 16.4. The van der Waals surface area contributed by atoms with Gasteiger partial charge in [0.2, 0.25) is 5.91 Å². The molecule has 0 aliphatic carbocycles. The Bertz CT molecular complexity index is 1280. The Hall–Kier alpha value is -3.94. The number of aromatic hydroxyl groups is 1. The van der Waals surface area contributed by atoms with Gasteiger partial charge in [-0.05, 0) is 24.3 Å². The molecule has 0 radical (unpaired) electrons. The van der Waals surface area contributed by atoms with Crippen molar-refractivity contribution >= 4 is 16.9 Å². The molecule has 5 rings (SSSR count). The molecule has 1 aliphatic rings. The molecule has 1 saturated heterocycles. The number of amides is 1. The summed E-state index contributed by atoms with van der Waals surface area (Å²) in [6.45, 7) is 4.79. The summed E-state index contributed by atoms with van der Waals surface area (Å²) in [5, 5.41) is 24.2. The van der Waals surface area contributed by atoms with Crippen molar-refractivity contribution in [2.45, 2.75) is 5.92 Å². The fraction of sp³-hybridized carbons (Fsp3) is 0.182. The number of nitrogens with zero attached hydrogens (tertiary/aromatic N) is 5. The van der Waals surface area contributed by atoms with Gasteiger partial charge in [0, 0.05) is 60.0 Å². The first-order valence-electron chi connectivity index (χ1n) is 9.63. The molecule has 0 unspecified atom stereocenters. The van der Waals surface area contributed by atoms with Crippen LogP contribution in [0.5, 0.6) is 5.75 Å². The lowest BCUT2D eigenvalue weighted by Gasteiger charge is -2.38. The lowest BCUT2D eigenvalue weighted by Crippen LogP contribution is -2.48. The first kappa shape index (κ1) is 18.1. The van der Waals surface area contributed by atoms with Crippen molar-refractivity contribution in [3.8, 4) is 28.1 Å². The number of H-pyrrole nitrogens is 1. The Balaban J connectivity index is 1.64. The molecule has 0 spiro atoms. The number of nitrogens with one attached hydrogen (secondary N) is 1. The number of benzene rings is 1. The molecule has 4 heterocycles. The van der Waals surface area contributed by atoms with E-state index < -0.39 is 0 Å². The molecule has 30 heavy (non-hydrogen) atoms. The summed E-state index contributed by atoms with van der Waals surface area (Å²) in [4.78, 5) is 17.0. The van der Waals surface area contributed by atoms with Crippen LogP contribution in [0.1, 0.15) is 11.6 Å². The molecule has 2 N–H and O–H groups in total. The monoisotopic (exact) mass is 400 g/mol. The minimum absolute atomic E-state index is 0.0630. The first-order valence-corrected chi connectivity index (χ1v) is 9.63. The molecule has 8 nitrogen and oxygen atoms in total. The molecule has 8 heteroatoms. The van der Waals surface area contributed by atoms with Crippen molar-refractivity contribution < 1.29 is 9.90 Å². The fourth-order valence-electron chi connectivity index (χ4n) is 3.97. The van der Waals surface area contributed by atoms with E-state index in [1.54, 1.807) is 21.7 Å². The Morgan fingerprint density at radius 1 is 1.30 bits per heavy atom. The van der Waals surface area contributed by atoms with Gasteiger partial charge < -0.3 is 15.0 Å². The van der Waals surface area contributed by atoms with Gasteiger partial charge in [0.15, 0.2) is 5.65 Å². The number of phenolic OH excluding ortho intramolecular Hbond substituents is 1. The van der Waals surface area contributed by atoms with E-state index in [0.717, 1.165) is 22.2 Å². The van der Waals surface area contributed by atoms with Gasteiger partial charge in [0.25, 0.3) is 0 Å². The third-order valence-corrected chi connectivity index (χ3v) is 5.54. The van der Waals surface area contributed by atoms with E-state index >= 15 is 0 Å². The number of likely N-dealkylation sites (tertiary alicyclic amines) is 1. The highest BCUT2D eigenvalue weighted by Crippen LogP contribution is 2.40. The van der Waals surface area contributed by atoms with Crippen LogP contribution in [0.25, 0.3) is 33.4 Å². The second-order valence-corrected chi connectivity index (χ2v) is 7.47. The number of aryl methyl sites for hydroxylation is 1. The number of aromatic nitrogens is 5. The number of fused-ring (bicyclic) bond motifs is 1. The highest BCUT2D eigenvalue weighted by molar-refractivity contribution is 5.97. The van der Waals surface area contributed by atoms with Gasteiger partial charge in [0.05, 0.1) is 11.9 Å². The van der Waals surface area contributed by atoms with E-state index in [1.807, 2.05) is 37.6 Å². The largest absolute Gasteiger partial charge is 0.507 e. The number of hydrogen-bond acceptors (Lipinski definition) is 5. The average molecular weight is 400 g/mol. The average Bonchev–Trinajstić information content (AvgIpc) is 3.29. The smallest absolute Gasteiger partial charge is 0.245 e. The molecule has 4 aromatic rings. The van der Waals surface area contributed by atoms with Crippen LogP contribution < -0.4 is 0 Å². The third-order valence-electron chi connectivity index (χ3n) is 5.54. The number of phenols is 1. The SMILES string of the molecule is C=CC(=O)N1CC(c2[nH]c3nnc(-c4ccccc4O)cc3c2-c2cnn(C)c2)C1. The minimum Gasteiger partial charge on any atom is -0.507 e. The van der Waals surface area contributed by atoms with Crippen LogP contribution in [0, 0.1) is 0 Å². The van der Waals surface area contributed by atoms with Crippen molar-refractivity contribution in [1.29, 1.82) is 0 Å². The quantitative estimate of drug-likeness (QED) is 0.513. The van der Waals surface area contributed by atoms with E-state index in [0.29, 0.717) is 30.0 Å². The lowest BCUT2D eigenvalue weighted by molar-refractivity contribution is -0.130. The fourth-order valence-corrected chi connectivity index (χ4v) is 3.97. The van der Waals surface area contributed by atoms with Gasteiger partial charge in [-0.2, -0.15) is 5.10 Å². The van der Waals surface area contributed by atoms with E-state index in [9.17, 15) is 9.90 Å². The molecular weight excluding hydrogens is 380 g/mol. The number of rotatable bonds is 4. The van der Waals surface area contributed by atoms with Crippen molar-refractivity contribution in [3.63, 3.8) is 0 Å². The van der Waals surface area contributed by atoms with Gasteiger partial charge in [-0.3, -0.25) is 9.48 Å². The Morgan fingerprint density at radius 3 is 2.80 bits per heavy atom. The van der Waals surface area contributed by atoms with Crippen LogP contribution in [0.2, 0.25) is 0 Å². The number of para-hydroxylation sites is 1. The third kappa shape index (κ3) is 2.85. The van der Waals surface area contributed by atoms with E-state index in [1.165, 1.54) is 6.08 Å². The molecule has 150 valence electrons. The predicted octanol–water partition coefficient (Wildman–Crippen LogP) is 2.84. The predicted molar refractivity (Wildman–Crippen MR) is 113 cm³/mol. The minimum atomic E-state index is -0.0630.